The summed E-state index contributed by atoms with van der Waals surface area (Å²) in [7, 11) is 8.15. The number of rotatable bonds is 21. The van der Waals surface area contributed by atoms with Gasteiger partial charge in [0.25, 0.3) is 0 Å². The van der Waals surface area contributed by atoms with Crippen LogP contribution in [0.2, 0.25) is 0 Å². The number of ether oxygens (including phenoxy) is 7. The number of carboxylic acid groups (broad SMARTS) is 1. The predicted octanol–water partition coefficient (Wildman–Crippen LogP) is 14.2. The van der Waals surface area contributed by atoms with Gasteiger partial charge in [0.05, 0.1) is 98.1 Å². The number of benzene rings is 7. The van der Waals surface area contributed by atoms with E-state index in [0.29, 0.717) is 109 Å². The SMILES string of the molecule is C.COC(=O)[C@@H]1C[C@@H](C(=O)O)CN1Cc1ccccc1.COC(=O)[C@@H]1C[C@@H](C(N)=O)CN1Cc1ccccc1.COC(=O)[C@@H]1C[C@@H](c2nc(-c3ccccc3)co2)CN1Cc1ccccc1.Cl.Cl.N.O=C(CBr)c1ccccc1.O=Cc1ccccc1.[C-]#[N+][C@@H]1C[C@@H](C(=O)OC)N(C(=O)OC(C)(C)C)C1.[C-]#[N+][C@@H]1C[C@@H](C(=O)OC)N(Cc2ccccc2)C1.[C-]#[N+][C@H]1CN[C@H](C(=O)OC)C1.[HH]. The van der Waals surface area contributed by atoms with Gasteiger partial charge in [-0.25, -0.2) is 34.3 Å². The van der Waals surface area contributed by atoms with Crippen molar-refractivity contribution >= 4 is 107 Å². The molecule has 32 nitrogen and oxygen atoms in total. The molecule has 0 aliphatic carbocycles. The molecule has 35 heteroatoms. The van der Waals surface area contributed by atoms with Gasteiger partial charge in [0, 0.05) is 63.9 Å². The maximum Gasteiger partial charge on any atom is 0.411 e. The van der Waals surface area contributed by atoms with Crippen molar-refractivity contribution in [3.8, 4) is 11.3 Å². The number of Topliss-reactive ketones (excluding diaryl/α,β-unsaturated/α-hetero) is 1. The largest absolute Gasteiger partial charge is 0.481 e. The van der Waals surface area contributed by atoms with E-state index in [2.05, 4.69) is 67.3 Å². The first-order chi connectivity index (χ1) is 62.5. The maximum atomic E-state index is 12.3. The van der Waals surface area contributed by atoms with E-state index in [4.69, 9.17) is 58.7 Å². The second-order valence-corrected chi connectivity index (χ2v) is 32.5. The number of halogens is 3. The number of aliphatic carboxylic acids is 1. The minimum Gasteiger partial charge on any atom is -0.481 e. The Labute approximate surface area is 806 Å². The molecule has 6 saturated heterocycles. The molecule has 0 saturated carbocycles. The van der Waals surface area contributed by atoms with Crippen LogP contribution in [0.1, 0.15) is 123 Å². The van der Waals surface area contributed by atoms with Crippen LogP contribution in [0.5, 0.6) is 0 Å². The lowest BCUT2D eigenvalue weighted by atomic mass is 10.1. The van der Waals surface area contributed by atoms with Gasteiger partial charge >= 0.3 is 47.9 Å². The zero-order chi connectivity index (χ0) is 94.7. The molecular formula is C99H125BrCl2N12O20. The van der Waals surface area contributed by atoms with Gasteiger partial charge in [-0.1, -0.05) is 236 Å². The highest BCUT2D eigenvalue weighted by Gasteiger charge is 2.47. The predicted molar refractivity (Wildman–Crippen MR) is 515 cm³/mol. The number of esters is 6. The van der Waals surface area contributed by atoms with Gasteiger partial charge in [-0.2, -0.15) is 0 Å². The van der Waals surface area contributed by atoms with Crippen LogP contribution in [0.3, 0.4) is 0 Å². The topological polar surface area (TPSA) is 401 Å². The van der Waals surface area contributed by atoms with Gasteiger partial charge in [-0.3, -0.25) is 73.0 Å². The summed E-state index contributed by atoms with van der Waals surface area (Å²) in [4.78, 5) is 149. The van der Waals surface area contributed by atoms with Gasteiger partial charge < -0.3 is 69.1 Å². The first-order valence-electron chi connectivity index (χ1n) is 42.1. The summed E-state index contributed by atoms with van der Waals surface area (Å²) in [5.41, 5.74) is 12.5. The van der Waals surface area contributed by atoms with Crippen molar-refractivity contribution in [3.05, 3.63) is 292 Å². The number of ketones is 1. The number of carbonyl (C=O) groups excluding carboxylic acids is 10. The molecule has 722 valence electrons. The number of carbonyl (C=O) groups is 11. The lowest BCUT2D eigenvalue weighted by Gasteiger charge is -2.26. The number of aldehydes is 1. The third-order valence-electron chi connectivity index (χ3n) is 21.8. The number of aromatic nitrogens is 1. The highest BCUT2D eigenvalue weighted by molar-refractivity contribution is 9.09. The van der Waals surface area contributed by atoms with Crippen LogP contribution in [-0.4, -0.2) is 248 Å². The van der Waals surface area contributed by atoms with E-state index >= 15 is 0 Å². The van der Waals surface area contributed by atoms with Gasteiger partial charge in [0.1, 0.15) is 66.6 Å². The third-order valence-corrected chi connectivity index (χ3v) is 22.3. The Morgan fingerprint density at radius 2 is 0.851 bits per heavy atom. The number of nitrogens with zero attached hydrogens (tertiary/aromatic N) is 9. The van der Waals surface area contributed by atoms with Crippen LogP contribution in [0.15, 0.2) is 223 Å². The Bertz CT molecular complexity index is 4980. The Balaban J connectivity index is 0.000000531. The lowest BCUT2D eigenvalue weighted by molar-refractivity contribution is -0.147. The van der Waals surface area contributed by atoms with Gasteiger partial charge in [0.2, 0.25) is 24.0 Å². The number of nitrogens with one attached hydrogen (secondary N) is 1. The summed E-state index contributed by atoms with van der Waals surface area (Å²) in [5.74, 6) is -3.02. The number of carboxylic acids is 1. The summed E-state index contributed by atoms with van der Waals surface area (Å²) in [6, 6.07) is 65.0. The average Bonchev–Trinajstić information content (AvgIpc) is 1.64. The second-order valence-electron chi connectivity index (χ2n) is 32.0. The van der Waals surface area contributed by atoms with Crippen LogP contribution in [-0.2, 0) is 97.7 Å². The Morgan fingerprint density at radius 3 is 1.23 bits per heavy atom. The number of likely N-dealkylation sites (tertiary alicyclic amines) is 5. The molecule has 0 unspecified atom stereocenters. The molecule has 12 atom stereocenters. The molecule has 7 heterocycles. The zero-order valence-electron chi connectivity index (χ0n) is 76.0. The molecule has 6 aliphatic heterocycles. The molecule has 1 aromatic heterocycles. The molecule has 2 amide bonds. The molecule has 14 rings (SSSR count). The molecule has 8 aromatic rings. The lowest BCUT2D eigenvalue weighted by Crippen LogP contribution is -2.43. The number of nitrogens with two attached hydrogens (primary N) is 1. The van der Waals surface area contributed by atoms with E-state index in [1.54, 1.807) is 39.2 Å². The monoisotopic (exact) mass is 1950 g/mol. The van der Waals surface area contributed by atoms with Crippen LogP contribution in [0.4, 0.5) is 4.79 Å². The quantitative estimate of drug-likeness (QED) is 0.0130. The fraction of sp³-hybridized carbons (Fsp3) is 0.404. The minimum absolute atomic E-state index is 0. The van der Waals surface area contributed by atoms with Crippen LogP contribution >= 0.6 is 40.7 Å². The van der Waals surface area contributed by atoms with Crippen molar-refractivity contribution in [1.82, 2.24) is 41.0 Å². The number of amides is 2. The van der Waals surface area contributed by atoms with E-state index in [0.717, 1.165) is 45.4 Å². The van der Waals surface area contributed by atoms with Crippen molar-refractivity contribution in [1.29, 1.82) is 0 Å². The summed E-state index contributed by atoms with van der Waals surface area (Å²) >= 11 is 3.10. The second kappa shape index (κ2) is 60.5. The van der Waals surface area contributed by atoms with Crippen LogP contribution in [0.25, 0.3) is 25.8 Å². The number of oxazole rings is 1. The van der Waals surface area contributed by atoms with E-state index in [1.807, 2.05) is 203 Å². The molecule has 7 N–H and O–H groups in total. The number of hydrogen-bond acceptors (Lipinski definition) is 26. The molecule has 7 aromatic carbocycles. The molecule has 0 spiro atoms. The number of primary amides is 1. The van der Waals surface area contributed by atoms with Gasteiger partial charge in [-0.05, 0) is 62.3 Å². The third kappa shape index (κ3) is 37.1. The Morgan fingerprint density at radius 1 is 0.493 bits per heavy atom. The first kappa shape index (κ1) is 116. The summed E-state index contributed by atoms with van der Waals surface area (Å²) in [6.07, 6.45) is 4.80. The average molecular weight is 1950 g/mol. The summed E-state index contributed by atoms with van der Waals surface area (Å²) in [6.45, 7) is 31.7. The maximum absolute atomic E-state index is 12.3. The standard InChI is InChI=1S/C22H22N2O3.C14H18N2O3.C14H16N2O2.C14H17NO4.C12H18N2O4.C8H7BrO.C7H10N2O2.C7H6O.CH4.2ClH.H3N.H2/c1-26-22(25)20-12-18(14-24(20)13-16-8-4-2-5-9-16)21-23-19(15-27-21)17-10-6-3-7-11-17;1-19-14(18)12-7-11(13(15)17)9-16(12)8-10-5-3-2-4-6-10;1-15-12-8-13(14(17)18-2)16(10-12)9-11-6-4-3-5-7-11;1-19-14(18)12-7-11(13(16)17)9-15(12)8-10-5-3-2-4-6-10;1-12(2,3)18-11(16)14-7-8(13-4)6-9(14)10(15)17-5;9-6-8(10)7-4-2-1-3-5-7;1-8-5-3-6(9-4-5)7(10)11-2;8-6-7-4-2-1-3-5-7;;;;;/h2-11,15,18,20H,12-14H2,1H3;2-6,11-12H,7-9H2,1H3,(H2,15,17);3-7,12-13H,8-10H2,2H3;2-6,11-12H,7-9H2,1H3,(H,16,17);8-9H,6-7H2,1-3,5H3;1-5H,6H2;5-6,9H,3-4H2,2H3;1-6H;1H4;2*1H;1H3;1H/t18-,20+;11-,12+;12-,13+;11-,12+;8-,9+;;5-,6+;;;;;;/m11111.1....../s1. The fourth-order valence-corrected chi connectivity index (χ4v) is 15.4. The molecule has 0 bridgehead atoms. The normalized spacial score (nSPS) is 20.5. The van der Waals surface area contributed by atoms with Gasteiger partial charge in [-0.15, -0.1) is 24.8 Å². The summed E-state index contributed by atoms with van der Waals surface area (Å²) < 4.78 is 39.6. The first-order valence-corrected chi connectivity index (χ1v) is 43.3. The van der Waals surface area contributed by atoms with Crippen molar-refractivity contribution in [2.75, 3.05) is 87.3 Å². The van der Waals surface area contributed by atoms with E-state index in [1.165, 1.54) is 53.1 Å². The summed E-state index contributed by atoms with van der Waals surface area (Å²) in [5, 5.41) is 12.4. The Hall–Kier alpha value is -12.6. The van der Waals surface area contributed by atoms with Crippen molar-refractivity contribution < 1.29 is 96.8 Å². The van der Waals surface area contributed by atoms with E-state index < -0.39 is 41.6 Å². The van der Waals surface area contributed by atoms with Gasteiger partial charge in [0.15, 0.2) is 11.7 Å². The number of methoxy groups -OCH3 is 6. The molecular weight excluding hydrogens is 1830 g/mol. The van der Waals surface area contributed by atoms with Crippen LogP contribution in [0, 0.1) is 31.6 Å². The number of hydrogen-bond donors (Lipinski definition) is 4. The molecule has 134 heavy (non-hydrogen) atoms. The van der Waals surface area contributed by atoms with Crippen molar-refractivity contribution in [3.63, 3.8) is 0 Å². The molecule has 6 aliphatic rings. The van der Waals surface area contributed by atoms with E-state index in [-0.39, 0.29) is 142 Å². The highest BCUT2D eigenvalue weighted by Crippen LogP contribution is 2.36. The van der Waals surface area contributed by atoms with Crippen molar-refractivity contribution in [2.24, 2.45) is 17.6 Å². The zero-order valence-corrected chi connectivity index (χ0v) is 79.2. The Kier molecular flexibility index (Phi) is 52.2. The van der Waals surface area contributed by atoms with E-state index in [9.17, 15) is 52.7 Å². The highest BCUT2D eigenvalue weighted by atomic mass is 79.9. The van der Waals surface area contributed by atoms with Crippen molar-refractivity contribution in [2.45, 2.75) is 159 Å². The molecule has 6 fully saturated rings. The smallest absolute Gasteiger partial charge is 0.411 e. The number of alkyl halides is 1. The molecule has 0 radical (unpaired) electrons. The van der Waals surface area contributed by atoms with Crippen LogP contribution < -0.4 is 17.2 Å². The minimum atomic E-state index is -0.857. The fourth-order valence-electron chi connectivity index (χ4n) is 15.1.